The fourth-order valence-electron chi connectivity index (χ4n) is 2.88. The van der Waals surface area contributed by atoms with Gasteiger partial charge in [0.25, 0.3) is 0 Å². The van der Waals surface area contributed by atoms with Gasteiger partial charge in [0, 0.05) is 12.0 Å². The quantitative estimate of drug-likeness (QED) is 0.744. The number of nitrogens with two attached hydrogens (primary N) is 1. The number of hydrogen-bond donors (Lipinski definition) is 3. The first-order valence-corrected chi connectivity index (χ1v) is 7.18. The highest BCUT2D eigenvalue weighted by atomic mass is 19.4. The lowest BCUT2D eigenvalue weighted by Gasteiger charge is -2.36. The Kier molecular flexibility index (Phi) is 4.66. The standard InChI is InChI=1S/C15H21F3N2O/c16-15(17,18)11-4-5-13(12(19)8-11)20-9-14(10-21)6-2-1-3-7-14/h4-5,8,20-21H,1-3,6-7,9-10,19H2. The number of benzene rings is 1. The number of halogens is 3. The van der Waals surface area contributed by atoms with Crippen LogP contribution in [0.5, 0.6) is 0 Å². The predicted molar refractivity (Wildman–Crippen MR) is 76.9 cm³/mol. The van der Waals surface area contributed by atoms with Crippen molar-refractivity contribution in [3.63, 3.8) is 0 Å². The average molecular weight is 302 g/mol. The number of aliphatic hydroxyl groups excluding tert-OH is 1. The van der Waals surface area contributed by atoms with Crippen molar-refractivity contribution in [3.8, 4) is 0 Å². The first-order chi connectivity index (χ1) is 9.86. The maximum Gasteiger partial charge on any atom is 0.416 e. The molecule has 0 unspecified atom stereocenters. The van der Waals surface area contributed by atoms with Crippen molar-refractivity contribution in [1.29, 1.82) is 0 Å². The fourth-order valence-corrected chi connectivity index (χ4v) is 2.88. The van der Waals surface area contributed by atoms with E-state index < -0.39 is 11.7 Å². The van der Waals surface area contributed by atoms with Crippen molar-refractivity contribution in [2.75, 3.05) is 24.2 Å². The summed E-state index contributed by atoms with van der Waals surface area (Å²) in [6.45, 7) is 0.611. The largest absolute Gasteiger partial charge is 0.416 e. The van der Waals surface area contributed by atoms with Gasteiger partial charge in [-0.05, 0) is 31.0 Å². The van der Waals surface area contributed by atoms with E-state index in [2.05, 4.69) is 5.32 Å². The van der Waals surface area contributed by atoms with Gasteiger partial charge < -0.3 is 16.2 Å². The van der Waals surface area contributed by atoms with E-state index in [9.17, 15) is 18.3 Å². The average Bonchev–Trinajstić information content (AvgIpc) is 2.46. The van der Waals surface area contributed by atoms with Gasteiger partial charge >= 0.3 is 6.18 Å². The Hall–Kier alpha value is -1.43. The van der Waals surface area contributed by atoms with Crippen LogP contribution in [0, 0.1) is 5.41 Å². The second-order valence-corrected chi connectivity index (χ2v) is 5.87. The van der Waals surface area contributed by atoms with Crippen LogP contribution in [0.4, 0.5) is 24.5 Å². The molecule has 1 aromatic carbocycles. The van der Waals surface area contributed by atoms with Gasteiger partial charge in [0.2, 0.25) is 0 Å². The van der Waals surface area contributed by atoms with Gasteiger partial charge in [-0.25, -0.2) is 0 Å². The SMILES string of the molecule is Nc1cc(C(F)(F)F)ccc1NCC1(CO)CCCCC1. The first-order valence-electron chi connectivity index (χ1n) is 7.18. The maximum absolute atomic E-state index is 12.6. The summed E-state index contributed by atoms with van der Waals surface area (Å²) in [6.07, 6.45) is 0.788. The third kappa shape index (κ3) is 3.81. The molecule has 1 aliphatic carbocycles. The topological polar surface area (TPSA) is 58.3 Å². The van der Waals surface area contributed by atoms with Gasteiger partial charge in [0.1, 0.15) is 0 Å². The zero-order valence-corrected chi connectivity index (χ0v) is 11.8. The lowest BCUT2D eigenvalue weighted by atomic mass is 9.74. The van der Waals surface area contributed by atoms with Crippen LogP contribution in [0.15, 0.2) is 18.2 Å². The van der Waals surface area contributed by atoms with Crippen LogP contribution in [0.3, 0.4) is 0 Å². The van der Waals surface area contributed by atoms with E-state index in [0.717, 1.165) is 37.8 Å². The number of alkyl halides is 3. The number of nitrogens with one attached hydrogen (secondary N) is 1. The monoisotopic (exact) mass is 302 g/mol. The third-order valence-corrected chi connectivity index (χ3v) is 4.28. The summed E-state index contributed by atoms with van der Waals surface area (Å²) < 4.78 is 37.7. The molecule has 1 aromatic rings. The second kappa shape index (κ2) is 6.13. The summed E-state index contributed by atoms with van der Waals surface area (Å²) in [5.41, 5.74) is 5.32. The highest BCUT2D eigenvalue weighted by Gasteiger charge is 2.32. The molecule has 1 aliphatic rings. The van der Waals surface area contributed by atoms with Gasteiger partial charge in [0.05, 0.1) is 23.5 Å². The molecule has 0 atom stereocenters. The fraction of sp³-hybridized carbons (Fsp3) is 0.600. The van der Waals surface area contributed by atoms with Crippen LogP contribution in [0.25, 0.3) is 0 Å². The van der Waals surface area contributed by atoms with Crippen molar-refractivity contribution in [3.05, 3.63) is 23.8 Å². The Balaban J connectivity index is 2.06. The molecule has 0 aliphatic heterocycles. The summed E-state index contributed by atoms with van der Waals surface area (Å²) >= 11 is 0. The van der Waals surface area contributed by atoms with Crippen molar-refractivity contribution in [1.82, 2.24) is 0 Å². The lowest BCUT2D eigenvalue weighted by Crippen LogP contribution is -2.35. The molecule has 0 heterocycles. The molecule has 0 radical (unpaired) electrons. The van der Waals surface area contributed by atoms with E-state index in [0.29, 0.717) is 12.2 Å². The van der Waals surface area contributed by atoms with Crippen molar-refractivity contribution < 1.29 is 18.3 Å². The highest BCUT2D eigenvalue weighted by Crippen LogP contribution is 2.37. The zero-order chi connectivity index (χ0) is 15.5. The molecule has 0 saturated heterocycles. The van der Waals surface area contributed by atoms with Crippen molar-refractivity contribution in [2.24, 2.45) is 5.41 Å². The number of nitrogen functional groups attached to an aromatic ring is 1. The zero-order valence-electron chi connectivity index (χ0n) is 11.8. The Morgan fingerprint density at radius 2 is 1.86 bits per heavy atom. The van der Waals surface area contributed by atoms with Crippen LogP contribution >= 0.6 is 0 Å². The molecular weight excluding hydrogens is 281 g/mol. The molecule has 0 spiro atoms. The van der Waals surface area contributed by atoms with Crippen molar-refractivity contribution >= 4 is 11.4 Å². The Labute approximate surface area is 122 Å². The summed E-state index contributed by atoms with van der Waals surface area (Å²) in [6, 6.07) is 3.31. The van der Waals surface area contributed by atoms with Crippen LogP contribution < -0.4 is 11.1 Å². The predicted octanol–water partition coefficient (Wildman–Crippen LogP) is 3.64. The van der Waals surface area contributed by atoms with Crippen LogP contribution in [-0.2, 0) is 6.18 Å². The summed E-state index contributed by atoms with van der Waals surface area (Å²) in [5.74, 6) is 0. The first kappa shape index (κ1) is 15.9. The number of anilines is 2. The van der Waals surface area contributed by atoms with Crippen LogP contribution in [-0.4, -0.2) is 18.3 Å². The van der Waals surface area contributed by atoms with Gasteiger partial charge in [-0.15, -0.1) is 0 Å². The molecular formula is C15H21F3N2O. The summed E-state index contributed by atoms with van der Waals surface area (Å²) in [4.78, 5) is 0. The molecule has 1 saturated carbocycles. The van der Waals surface area contributed by atoms with Crippen molar-refractivity contribution in [2.45, 2.75) is 38.3 Å². The minimum Gasteiger partial charge on any atom is -0.397 e. The Morgan fingerprint density at radius 1 is 1.19 bits per heavy atom. The molecule has 118 valence electrons. The van der Waals surface area contributed by atoms with E-state index in [1.807, 2.05) is 0 Å². The highest BCUT2D eigenvalue weighted by molar-refractivity contribution is 5.67. The molecule has 4 N–H and O–H groups in total. The van der Waals surface area contributed by atoms with Gasteiger partial charge in [0.15, 0.2) is 0 Å². The van der Waals surface area contributed by atoms with E-state index in [1.165, 1.54) is 12.5 Å². The smallest absolute Gasteiger partial charge is 0.397 e. The van der Waals surface area contributed by atoms with E-state index in [1.54, 1.807) is 0 Å². The Bertz CT molecular complexity index is 482. The minimum atomic E-state index is -4.39. The second-order valence-electron chi connectivity index (χ2n) is 5.87. The summed E-state index contributed by atoms with van der Waals surface area (Å²) in [5, 5.41) is 12.7. The number of rotatable bonds is 4. The van der Waals surface area contributed by atoms with Gasteiger partial charge in [-0.1, -0.05) is 19.3 Å². The molecule has 21 heavy (non-hydrogen) atoms. The van der Waals surface area contributed by atoms with E-state index >= 15 is 0 Å². The molecule has 6 heteroatoms. The van der Waals surface area contributed by atoms with E-state index in [4.69, 9.17) is 5.73 Å². The van der Waals surface area contributed by atoms with Crippen LogP contribution in [0.1, 0.15) is 37.7 Å². The normalized spacial score (nSPS) is 18.5. The van der Waals surface area contributed by atoms with Gasteiger partial charge in [-0.3, -0.25) is 0 Å². The van der Waals surface area contributed by atoms with Gasteiger partial charge in [-0.2, -0.15) is 13.2 Å². The number of aliphatic hydroxyl groups is 1. The molecule has 2 rings (SSSR count). The summed E-state index contributed by atoms with van der Waals surface area (Å²) in [7, 11) is 0. The van der Waals surface area contributed by atoms with Crippen LogP contribution in [0.2, 0.25) is 0 Å². The molecule has 3 nitrogen and oxygen atoms in total. The maximum atomic E-state index is 12.6. The Morgan fingerprint density at radius 3 is 2.38 bits per heavy atom. The molecule has 1 fully saturated rings. The molecule has 0 bridgehead atoms. The molecule has 0 aromatic heterocycles. The minimum absolute atomic E-state index is 0.0775. The lowest BCUT2D eigenvalue weighted by molar-refractivity contribution is -0.137. The van der Waals surface area contributed by atoms with E-state index in [-0.39, 0.29) is 17.7 Å². The number of hydrogen-bond acceptors (Lipinski definition) is 3. The molecule has 0 amide bonds. The third-order valence-electron chi connectivity index (χ3n) is 4.28.